The normalized spacial score (nSPS) is 9.77. The van der Waals surface area contributed by atoms with E-state index in [0.29, 0.717) is 16.5 Å². The topological polar surface area (TPSA) is 45.9 Å². The van der Waals surface area contributed by atoms with Crippen molar-refractivity contribution in [2.45, 2.75) is 20.0 Å². The lowest BCUT2D eigenvalue weighted by atomic mass is 10.3. The van der Waals surface area contributed by atoms with Crippen molar-refractivity contribution in [3.8, 4) is 11.9 Å². The fourth-order valence-corrected chi connectivity index (χ4v) is 1.01. The smallest absolute Gasteiger partial charge is 0.232 e. The standard InChI is InChI=1S/C9H9ClN2O/c1-6(2)13-9-8(10)3-7(4-11)5-12-9/h3,5-6H,1-2H3. The molecular weight excluding hydrogens is 188 g/mol. The monoisotopic (exact) mass is 196 g/mol. The van der Waals surface area contributed by atoms with Crippen LogP contribution in [0.3, 0.4) is 0 Å². The molecule has 4 heteroatoms. The van der Waals surface area contributed by atoms with Crippen molar-refractivity contribution in [1.29, 1.82) is 5.26 Å². The number of halogens is 1. The van der Waals surface area contributed by atoms with Crippen molar-refractivity contribution in [3.63, 3.8) is 0 Å². The first-order valence-electron chi connectivity index (χ1n) is 3.85. The van der Waals surface area contributed by atoms with Gasteiger partial charge in [-0.1, -0.05) is 11.6 Å². The summed E-state index contributed by atoms with van der Waals surface area (Å²) in [6.07, 6.45) is 1.46. The molecule has 0 N–H and O–H groups in total. The molecule has 13 heavy (non-hydrogen) atoms. The highest BCUT2D eigenvalue weighted by Gasteiger charge is 2.05. The molecule has 0 bridgehead atoms. The van der Waals surface area contributed by atoms with Crippen LogP contribution in [0.25, 0.3) is 0 Å². The molecule has 68 valence electrons. The molecule has 0 unspecified atom stereocenters. The SMILES string of the molecule is CC(C)Oc1ncc(C#N)cc1Cl. The van der Waals surface area contributed by atoms with Crippen LogP contribution in [-0.2, 0) is 0 Å². The number of rotatable bonds is 2. The summed E-state index contributed by atoms with van der Waals surface area (Å²) in [5, 5.41) is 8.91. The lowest BCUT2D eigenvalue weighted by Crippen LogP contribution is -2.07. The molecule has 0 saturated carbocycles. The van der Waals surface area contributed by atoms with E-state index in [1.165, 1.54) is 12.3 Å². The Morgan fingerprint density at radius 3 is 2.77 bits per heavy atom. The highest BCUT2D eigenvalue weighted by atomic mass is 35.5. The van der Waals surface area contributed by atoms with Crippen LogP contribution in [0, 0.1) is 11.3 Å². The second-order valence-electron chi connectivity index (χ2n) is 2.79. The van der Waals surface area contributed by atoms with E-state index in [2.05, 4.69) is 4.98 Å². The number of ether oxygens (including phenoxy) is 1. The zero-order chi connectivity index (χ0) is 9.84. The molecule has 0 saturated heterocycles. The Morgan fingerprint density at radius 2 is 2.31 bits per heavy atom. The van der Waals surface area contributed by atoms with Crippen LogP contribution in [-0.4, -0.2) is 11.1 Å². The number of nitrogens with zero attached hydrogens (tertiary/aromatic N) is 2. The van der Waals surface area contributed by atoms with Gasteiger partial charge >= 0.3 is 0 Å². The Balaban J connectivity index is 2.93. The largest absolute Gasteiger partial charge is 0.474 e. The van der Waals surface area contributed by atoms with Gasteiger partial charge in [-0.3, -0.25) is 0 Å². The average molecular weight is 197 g/mol. The molecule has 1 rings (SSSR count). The Hall–Kier alpha value is -1.27. The van der Waals surface area contributed by atoms with Crippen LogP contribution in [0.5, 0.6) is 5.88 Å². The van der Waals surface area contributed by atoms with Gasteiger partial charge < -0.3 is 4.74 Å². The van der Waals surface area contributed by atoms with Gasteiger partial charge in [0.2, 0.25) is 5.88 Å². The number of hydrogen-bond donors (Lipinski definition) is 0. The van der Waals surface area contributed by atoms with Crippen molar-refractivity contribution >= 4 is 11.6 Å². The minimum absolute atomic E-state index is 0.0259. The van der Waals surface area contributed by atoms with E-state index in [1.807, 2.05) is 19.9 Å². The fourth-order valence-electron chi connectivity index (χ4n) is 0.796. The molecule has 0 aliphatic rings. The zero-order valence-electron chi connectivity index (χ0n) is 7.41. The van der Waals surface area contributed by atoms with E-state index in [-0.39, 0.29) is 6.10 Å². The Kier molecular flexibility index (Phi) is 3.10. The summed E-state index contributed by atoms with van der Waals surface area (Å²) in [5.74, 6) is 0.371. The zero-order valence-corrected chi connectivity index (χ0v) is 8.17. The maximum absolute atomic E-state index is 8.55. The first-order chi connectivity index (χ1) is 6.13. The summed E-state index contributed by atoms with van der Waals surface area (Å²) in [6.45, 7) is 3.77. The van der Waals surface area contributed by atoms with Gasteiger partial charge in [0.1, 0.15) is 11.1 Å². The van der Waals surface area contributed by atoms with Crippen molar-refractivity contribution in [2.24, 2.45) is 0 Å². The first kappa shape index (κ1) is 9.82. The lowest BCUT2D eigenvalue weighted by molar-refractivity contribution is 0.233. The van der Waals surface area contributed by atoms with E-state index in [1.54, 1.807) is 0 Å². The van der Waals surface area contributed by atoms with Crippen LogP contribution in [0.15, 0.2) is 12.3 Å². The molecule has 0 atom stereocenters. The van der Waals surface area contributed by atoms with Crippen LogP contribution < -0.4 is 4.74 Å². The Labute approximate surface area is 81.9 Å². The molecule has 0 fully saturated rings. The quantitative estimate of drug-likeness (QED) is 0.730. The van der Waals surface area contributed by atoms with Crippen LogP contribution in [0.4, 0.5) is 0 Å². The number of pyridine rings is 1. The number of nitriles is 1. The molecule has 1 aromatic rings. The predicted octanol–water partition coefficient (Wildman–Crippen LogP) is 2.39. The van der Waals surface area contributed by atoms with Crippen molar-refractivity contribution in [1.82, 2.24) is 4.98 Å². The van der Waals surface area contributed by atoms with Gasteiger partial charge in [-0.2, -0.15) is 5.26 Å². The Bertz CT molecular complexity index is 344. The van der Waals surface area contributed by atoms with Gasteiger partial charge in [-0.05, 0) is 19.9 Å². The van der Waals surface area contributed by atoms with E-state index in [9.17, 15) is 0 Å². The molecule has 1 heterocycles. The molecule has 0 aliphatic carbocycles. The number of hydrogen-bond acceptors (Lipinski definition) is 3. The maximum atomic E-state index is 8.55. The minimum atomic E-state index is 0.0259. The van der Waals surface area contributed by atoms with Gasteiger partial charge in [-0.25, -0.2) is 4.98 Å². The minimum Gasteiger partial charge on any atom is -0.474 e. The number of aromatic nitrogens is 1. The summed E-state index contributed by atoms with van der Waals surface area (Å²) < 4.78 is 5.29. The molecule has 0 radical (unpaired) electrons. The molecular formula is C9H9ClN2O. The van der Waals surface area contributed by atoms with E-state index in [4.69, 9.17) is 21.6 Å². The third-order valence-corrected chi connectivity index (χ3v) is 1.55. The third kappa shape index (κ3) is 2.60. The molecule has 0 spiro atoms. The van der Waals surface area contributed by atoms with Gasteiger partial charge in [0.15, 0.2) is 0 Å². The fraction of sp³-hybridized carbons (Fsp3) is 0.333. The van der Waals surface area contributed by atoms with Crippen molar-refractivity contribution < 1.29 is 4.74 Å². The van der Waals surface area contributed by atoms with E-state index < -0.39 is 0 Å². The summed E-state index contributed by atoms with van der Waals surface area (Å²) in [7, 11) is 0. The van der Waals surface area contributed by atoms with E-state index in [0.717, 1.165) is 0 Å². The van der Waals surface area contributed by atoms with Crippen molar-refractivity contribution in [3.05, 3.63) is 22.8 Å². The predicted molar refractivity (Wildman–Crippen MR) is 49.7 cm³/mol. The average Bonchev–Trinajstić information content (AvgIpc) is 2.08. The van der Waals surface area contributed by atoms with E-state index >= 15 is 0 Å². The Morgan fingerprint density at radius 1 is 1.62 bits per heavy atom. The van der Waals surface area contributed by atoms with Crippen LogP contribution in [0.1, 0.15) is 19.4 Å². The molecule has 0 aromatic carbocycles. The highest BCUT2D eigenvalue weighted by molar-refractivity contribution is 6.31. The van der Waals surface area contributed by atoms with Gasteiger partial charge in [-0.15, -0.1) is 0 Å². The molecule has 0 aliphatic heterocycles. The van der Waals surface area contributed by atoms with Crippen molar-refractivity contribution in [2.75, 3.05) is 0 Å². The molecule has 3 nitrogen and oxygen atoms in total. The van der Waals surface area contributed by atoms with Gasteiger partial charge in [0.05, 0.1) is 11.7 Å². The first-order valence-corrected chi connectivity index (χ1v) is 4.23. The van der Waals surface area contributed by atoms with Crippen LogP contribution >= 0.6 is 11.6 Å². The second kappa shape index (κ2) is 4.11. The molecule has 0 amide bonds. The highest BCUT2D eigenvalue weighted by Crippen LogP contribution is 2.22. The summed E-state index contributed by atoms with van der Waals surface area (Å²) >= 11 is 5.81. The summed E-state index contributed by atoms with van der Waals surface area (Å²) in [4.78, 5) is 3.91. The van der Waals surface area contributed by atoms with Crippen LogP contribution in [0.2, 0.25) is 5.02 Å². The summed E-state index contributed by atoms with van der Waals surface area (Å²) in [5.41, 5.74) is 0.432. The molecule has 1 aromatic heterocycles. The van der Waals surface area contributed by atoms with Gasteiger partial charge in [0, 0.05) is 6.20 Å². The second-order valence-corrected chi connectivity index (χ2v) is 3.20. The third-order valence-electron chi connectivity index (χ3n) is 1.28. The summed E-state index contributed by atoms with van der Waals surface area (Å²) in [6, 6.07) is 3.48. The lowest BCUT2D eigenvalue weighted by Gasteiger charge is -2.09. The van der Waals surface area contributed by atoms with Gasteiger partial charge in [0.25, 0.3) is 0 Å². The maximum Gasteiger partial charge on any atom is 0.232 e.